The quantitative estimate of drug-likeness (QED) is 0.764. The number of nitrogens with one attached hydrogen (secondary N) is 2. The van der Waals surface area contributed by atoms with Crippen molar-refractivity contribution in [1.29, 1.82) is 0 Å². The number of hydrogen-bond donors (Lipinski definition) is 2. The summed E-state index contributed by atoms with van der Waals surface area (Å²) in [5, 5.41) is 6.82. The number of carbonyl (C=O) groups is 1. The summed E-state index contributed by atoms with van der Waals surface area (Å²) in [6.45, 7) is 3.61. The lowest BCUT2D eigenvalue weighted by molar-refractivity contribution is -0.126. The minimum atomic E-state index is -0.459. The number of hydrogen-bond acceptors (Lipinski definition) is 2. The summed E-state index contributed by atoms with van der Waals surface area (Å²) in [5.41, 5.74) is 0.115. The van der Waals surface area contributed by atoms with E-state index >= 15 is 0 Å². The first-order valence-electron chi connectivity index (χ1n) is 8.57. The van der Waals surface area contributed by atoms with Crippen LogP contribution >= 0.6 is 23.2 Å². The van der Waals surface area contributed by atoms with Crippen LogP contribution in [0.4, 0.5) is 4.39 Å². The van der Waals surface area contributed by atoms with Crippen molar-refractivity contribution >= 4 is 29.1 Å². The number of benzene rings is 1. The monoisotopic (exact) mass is 372 g/mol. The second-order valence-electron chi connectivity index (χ2n) is 7.25. The zero-order valence-electron chi connectivity index (χ0n) is 13.8. The largest absolute Gasteiger partial charge is 0.348 e. The lowest BCUT2D eigenvalue weighted by atomic mass is 9.76. The second-order valence-corrected chi connectivity index (χ2v) is 8.03. The predicted octanol–water partition coefficient (Wildman–Crippen LogP) is 4.48. The molecule has 1 saturated carbocycles. The van der Waals surface area contributed by atoms with Gasteiger partial charge in [0.1, 0.15) is 5.82 Å². The highest BCUT2D eigenvalue weighted by Crippen LogP contribution is 2.50. The first kappa shape index (κ1) is 18.0. The van der Waals surface area contributed by atoms with Gasteiger partial charge in [-0.05, 0) is 43.4 Å². The Labute approximate surface area is 152 Å². The maximum absolute atomic E-state index is 14.6. The lowest BCUT2D eigenvalue weighted by Gasteiger charge is -2.36. The third kappa shape index (κ3) is 3.42. The van der Waals surface area contributed by atoms with Crippen molar-refractivity contribution in [2.45, 2.75) is 45.1 Å². The molecule has 1 aromatic rings. The summed E-state index contributed by atoms with van der Waals surface area (Å²) in [4.78, 5) is 12.7. The molecule has 132 valence electrons. The van der Waals surface area contributed by atoms with E-state index < -0.39 is 11.9 Å². The van der Waals surface area contributed by atoms with Gasteiger partial charge in [-0.25, -0.2) is 4.39 Å². The molecule has 1 aliphatic carbocycles. The van der Waals surface area contributed by atoms with Crippen molar-refractivity contribution in [2.24, 2.45) is 11.3 Å². The molecule has 0 aromatic heterocycles. The Morgan fingerprint density at radius 3 is 2.71 bits per heavy atom. The van der Waals surface area contributed by atoms with Gasteiger partial charge < -0.3 is 10.6 Å². The summed E-state index contributed by atoms with van der Waals surface area (Å²) in [5.74, 6) is -0.514. The van der Waals surface area contributed by atoms with Crippen molar-refractivity contribution in [3.63, 3.8) is 0 Å². The first-order valence-corrected chi connectivity index (χ1v) is 9.32. The van der Waals surface area contributed by atoms with Crippen molar-refractivity contribution in [3.05, 3.63) is 33.6 Å². The van der Waals surface area contributed by atoms with E-state index in [1.54, 1.807) is 0 Å². The first-order chi connectivity index (χ1) is 11.4. The van der Waals surface area contributed by atoms with Gasteiger partial charge in [0.05, 0.1) is 22.0 Å². The zero-order valence-corrected chi connectivity index (χ0v) is 15.3. The topological polar surface area (TPSA) is 41.1 Å². The Hall–Kier alpha value is -0.840. The van der Waals surface area contributed by atoms with E-state index in [0.717, 1.165) is 38.6 Å². The van der Waals surface area contributed by atoms with Gasteiger partial charge in [-0.2, -0.15) is 0 Å². The highest BCUT2D eigenvalue weighted by atomic mass is 35.5. The molecule has 1 aliphatic heterocycles. The average molecular weight is 373 g/mol. The Kier molecular flexibility index (Phi) is 5.38. The molecule has 1 aromatic carbocycles. The van der Waals surface area contributed by atoms with Crippen LogP contribution in [0.25, 0.3) is 0 Å². The van der Waals surface area contributed by atoms with Gasteiger partial charge in [-0.1, -0.05) is 43.0 Å². The molecular formula is C18H23Cl2FN2O. The Morgan fingerprint density at radius 1 is 1.38 bits per heavy atom. The van der Waals surface area contributed by atoms with E-state index in [0.29, 0.717) is 17.1 Å². The summed E-state index contributed by atoms with van der Waals surface area (Å²) < 4.78 is 14.6. The summed E-state index contributed by atoms with van der Waals surface area (Å²) in [6, 6.07) is 2.33. The van der Waals surface area contributed by atoms with Crippen molar-refractivity contribution in [1.82, 2.24) is 10.6 Å². The van der Waals surface area contributed by atoms with Crippen molar-refractivity contribution < 1.29 is 9.18 Å². The van der Waals surface area contributed by atoms with E-state index in [2.05, 4.69) is 17.6 Å². The van der Waals surface area contributed by atoms with Gasteiger partial charge in [-0.3, -0.25) is 4.79 Å². The van der Waals surface area contributed by atoms with Gasteiger partial charge in [0.25, 0.3) is 0 Å². The molecule has 3 rings (SSSR count). The van der Waals surface area contributed by atoms with Crippen LogP contribution in [-0.2, 0) is 4.79 Å². The fourth-order valence-electron chi connectivity index (χ4n) is 4.01. The highest BCUT2D eigenvalue weighted by molar-refractivity contribution is 6.42. The third-order valence-electron chi connectivity index (χ3n) is 5.53. The van der Waals surface area contributed by atoms with E-state index in [4.69, 9.17) is 23.2 Å². The zero-order chi connectivity index (χ0) is 17.3. The maximum Gasteiger partial charge on any atom is 0.224 e. The van der Waals surface area contributed by atoms with Crippen molar-refractivity contribution in [3.8, 4) is 0 Å². The molecule has 2 unspecified atom stereocenters. The van der Waals surface area contributed by atoms with E-state index in [-0.39, 0.29) is 22.3 Å². The molecular weight excluding hydrogens is 350 g/mol. The van der Waals surface area contributed by atoms with Gasteiger partial charge in [-0.15, -0.1) is 0 Å². The third-order valence-corrected chi connectivity index (χ3v) is 6.35. The van der Waals surface area contributed by atoms with Crippen LogP contribution in [0.1, 0.15) is 50.6 Å². The molecule has 2 fully saturated rings. The van der Waals surface area contributed by atoms with Crippen LogP contribution in [0.5, 0.6) is 0 Å². The summed E-state index contributed by atoms with van der Waals surface area (Å²) in [7, 11) is 0. The molecule has 2 aliphatic rings. The van der Waals surface area contributed by atoms with Crippen LogP contribution in [0.2, 0.25) is 10.0 Å². The lowest BCUT2D eigenvalue weighted by Crippen LogP contribution is -2.42. The van der Waals surface area contributed by atoms with E-state index in [1.165, 1.54) is 12.1 Å². The van der Waals surface area contributed by atoms with Crippen LogP contribution in [0, 0.1) is 17.2 Å². The van der Waals surface area contributed by atoms with Gasteiger partial charge in [0.2, 0.25) is 5.91 Å². The van der Waals surface area contributed by atoms with Crippen LogP contribution in [0.3, 0.4) is 0 Å². The molecule has 1 heterocycles. The second kappa shape index (κ2) is 7.19. The molecule has 2 N–H and O–H groups in total. The number of rotatable bonds is 4. The maximum atomic E-state index is 14.6. The standard InChI is InChI=1S/C18H23Cl2FN2O/c1-18(7-2-3-8-18)16(23-17(24)11-6-9-22-10-11)14-13(21)5-4-12(19)15(14)20/h4-5,11,16,22H,2-3,6-10H2,1H3,(H,23,24). The Balaban J connectivity index is 1.96. The number of carbonyl (C=O) groups excluding carboxylic acids is 1. The Bertz CT molecular complexity index is 626. The highest BCUT2D eigenvalue weighted by Gasteiger charge is 2.42. The molecule has 0 radical (unpaired) electrons. The average Bonchev–Trinajstić information content (AvgIpc) is 3.22. The van der Waals surface area contributed by atoms with Gasteiger partial charge in [0, 0.05) is 12.1 Å². The minimum Gasteiger partial charge on any atom is -0.348 e. The fraction of sp³-hybridized carbons (Fsp3) is 0.611. The number of halogens is 3. The summed E-state index contributed by atoms with van der Waals surface area (Å²) >= 11 is 12.5. The van der Waals surface area contributed by atoms with Crippen LogP contribution < -0.4 is 10.6 Å². The van der Waals surface area contributed by atoms with Crippen LogP contribution in [-0.4, -0.2) is 19.0 Å². The minimum absolute atomic E-state index is 0.0337. The van der Waals surface area contributed by atoms with Gasteiger partial charge in [0.15, 0.2) is 0 Å². The molecule has 6 heteroatoms. The molecule has 1 amide bonds. The van der Waals surface area contributed by atoms with Crippen molar-refractivity contribution in [2.75, 3.05) is 13.1 Å². The molecule has 24 heavy (non-hydrogen) atoms. The number of amides is 1. The molecule has 3 nitrogen and oxygen atoms in total. The SMILES string of the molecule is CC1(C(NC(=O)C2CCNC2)c2c(F)ccc(Cl)c2Cl)CCCC1. The van der Waals surface area contributed by atoms with Crippen LogP contribution in [0.15, 0.2) is 12.1 Å². The normalized spacial score (nSPS) is 24.1. The fourth-order valence-corrected chi connectivity index (χ4v) is 4.44. The molecule has 2 atom stereocenters. The molecule has 0 spiro atoms. The van der Waals surface area contributed by atoms with E-state index in [9.17, 15) is 9.18 Å². The smallest absolute Gasteiger partial charge is 0.224 e. The molecule has 0 bridgehead atoms. The van der Waals surface area contributed by atoms with E-state index in [1.807, 2.05) is 0 Å². The predicted molar refractivity (Wildman–Crippen MR) is 94.9 cm³/mol. The van der Waals surface area contributed by atoms with Gasteiger partial charge >= 0.3 is 0 Å². The summed E-state index contributed by atoms with van der Waals surface area (Å²) in [6.07, 6.45) is 4.83. The molecule has 1 saturated heterocycles. The Morgan fingerprint density at radius 2 is 2.08 bits per heavy atom.